The van der Waals surface area contributed by atoms with Crippen molar-refractivity contribution < 1.29 is 31.1 Å². The summed E-state index contributed by atoms with van der Waals surface area (Å²) in [5.41, 5.74) is 0.0793. The van der Waals surface area contributed by atoms with Gasteiger partial charge in [0.1, 0.15) is 5.60 Å². The summed E-state index contributed by atoms with van der Waals surface area (Å²) in [4.78, 5) is 12.3. The number of fused-ring (bicyclic) bond motifs is 1. The van der Waals surface area contributed by atoms with Gasteiger partial charge in [-0.25, -0.2) is 13.1 Å². The van der Waals surface area contributed by atoms with Crippen LogP contribution >= 0.6 is 0 Å². The molecule has 1 heterocycles. The molecule has 196 valence electrons. The highest BCUT2D eigenvalue weighted by molar-refractivity contribution is 7.89. The molecule has 0 spiro atoms. The highest BCUT2D eigenvalue weighted by Gasteiger charge is 2.33. The van der Waals surface area contributed by atoms with Crippen molar-refractivity contribution in [1.29, 1.82) is 0 Å². The number of aromatic nitrogens is 1. The molecule has 1 aliphatic rings. The molecule has 10 heteroatoms. The zero-order valence-electron chi connectivity index (χ0n) is 20.5. The number of ether oxygens (including phenoxy) is 1. The quantitative estimate of drug-likeness (QED) is 0.377. The number of alkyl halides is 3. The van der Waals surface area contributed by atoms with Crippen LogP contribution in [0.4, 0.5) is 13.2 Å². The monoisotopic (exact) mass is 524 g/mol. The lowest BCUT2D eigenvalue weighted by Gasteiger charge is -2.23. The second-order valence-electron chi connectivity index (χ2n) is 9.80. The van der Waals surface area contributed by atoms with Crippen LogP contribution in [-0.2, 0) is 25.7 Å². The maximum Gasteiger partial charge on any atom is 0.416 e. The maximum atomic E-state index is 13.5. The summed E-state index contributed by atoms with van der Waals surface area (Å²) in [6.45, 7) is 5.92. The number of H-pyrrole nitrogens is 1. The molecule has 3 aromatic rings. The first-order valence-corrected chi connectivity index (χ1v) is 13.2. The average Bonchev–Trinajstić information content (AvgIpc) is 3.23. The van der Waals surface area contributed by atoms with E-state index in [1.54, 1.807) is 6.07 Å². The first-order chi connectivity index (χ1) is 16.8. The summed E-state index contributed by atoms with van der Waals surface area (Å²) in [5.74, 6) is 0. The van der Waals surface area contributed by atoms with Crippen LogP contribution in [0.3, 0.4) is 0 Å². The minimum atomic E-state index is -4.66. The van der Waals surface area contributed by atoms with E-state index in [0.717, 1.165) is 36.2 Å². The molecular formula is C26H31F3N2O4S. The van der Waals surface area contributed by atoms with Crippen molar-refractivity contribution in [2.75, 3.05) is 0 Å². The topological polar surface area (TPSA) is 88.3 Å². The number of hydrogen-bond donors (Lipinski definition) is 2. The molecule has 0 bridgehead atoms. The lowest BCUT2D eigenvalue weighted by atomic mass is 9.96. The number of rotatable bonds is 5. The van der Waals surface area contributed by atoms with Gasteiger partial charge in [-0.15, -0.1) is 0 Å². The van der Waals surface area contributed by atoms with Gasteiger partial charge in [-0.2, -0.15) is 13.2 Å². The van der Waals surface area contributed by atoms with Gasteiger partial charge in [0.05, 0.1) is 10.5 Å². The van der Waals surface area contributed by atoms with Gasteiger partial charge in [-0.05, 0) is 69.5 Å². The second-order valence-corrected chi connectivity index (χ2v) is 11.5. The Bertz CT molecular complexity index is 1260. The summed E-state index contributed by atoms with van der Waals surface area (Å²) in [6, 6.07) is 11.8. The molecule has 0 atom stereocenters. The third-order valence-electron chi connectivity index (χ3n) is 5.71. The van der Waals surface area contributed by atoms with E-state index in [1.165, 1.54) is 6.07 Å². The Hall–Kier alpha value is -2.85. The number of para-hydroxylation sites is 1. The predicted octanol–water partition coefficient (Wildman–Crippen LogP) is 6.42. The maximum absolute atomic E-state index is 13.5. The van der Waals surface area contributed by atoms with E-state index in [-0.39, 0.29) is 22.1 Å². The molecule has 1 aromatic heterocycles. The van der Waals surface area contributed by atoms with Crippen molar-refractivity contribution in [2.24, 2.45) is 0 Å². The van der Waals surface area contributed by atoms with E-state index in [1.807, 2.05) is 45.0 Å². The van der Waals surface area contributed by atoms with E-state index < -0.39 is 21.8 Å². The molecule has 0 radical (unpaired) electrons. The first kappa shape index (κ1) is 27.7. The Morgan fingerprint density at radius 1 is 1.00 bits per heavy atom. The van der Waals surface area contributed by atoms with Gasteiger partial charge in [0.15, 0.2) is 0 Å². The molecule has 1 fully saturated rings. The number of sulfonamides is 1. The molecule has 0 amide bonds. The van der Waals surface area contributed by atoms with Crippen LogP contribution in [0.2, 0.25) is 0 Å². The second kappa shape index (κ2) is 11.0. The van der Waals surface area contributed by atoms with Gasteiger partial charge >= 0.3 is 6.18 Å². The third-order valence-corrected chi connectivity index (χ3v) is 7.21. The normalized spacial score (nSPS) is 15.3. The Balaban J connectivity index is 0.000000454. The highest BCUT2D eigenvalue weighted by Crippen LogP contribution is 2.35. The van der Waals surface area contributed by atoms with Crippen molar-refractivity contribution in [3.05, 3.63) is 54.1 Å². The number of aromatic amines is 1. The Kier molecular flexibility index (Phi) is 8.51. The van der Waals surface area contributed by atoms with Crippen LogP contribution < -0.4 is 4.72 Å². The Morgan fingerprint density at radius 3 is 2.22 bits per heavy atom. The van der Waals surface area contributed by atoms with E-state index in [4.69, 9.17) is 0 Å². The fraction of sp³-hybridized carbons (Fsp3) is 0.423. The van der Waals surface area contributed by atoms with Crippen LogP contribution in [-0.4, -0.2) is 31.5 Å². The number of halogens is 3. The van der Waals surface area contributed by atoms with Crippen molar-refractivity contribution in [2.45, 2.75) is 75.6 Å². The molecule has 4 rings (SSSR count). The lowest BCUT2D eigenvalue weighted by molar-refractivity contribution is -0.139. The van der Waals surface area contributed by atoms with Gasteiger partial charge in [0, 0.05) is 22.6 Å². The SMILES string of the molecule is CC(C)(C)OC=O.O=S(=O)(NC1CCCCC1)c1cc(-c2cc3ccccc3[nH]2)cc(C(F)(F)F)c1. The van der Waals surface area contributed by atoms with Gasteiger partial charge in [0.25, 0.3) is 6.47 Å². The van der Waals surface area contributed by atoms with Gasteiger partial charge in [-0.3, -0.25) is 4.79 Å². The van der Waals surface area contributed by atoms with Crippen LogP contribution in [0.1, 0.15) is 58.4 Å². The standard InChI is InChI=1S/C21H21F3N2O2S.C5H10O2/c22-21(23,24)16-10-15(20-12-14-6-4-5-9-19(14)25-20)11-18(13-16)29(27,28)26-17-7-2-1-3-8-17;1-5(2,3)7-4-6/h4-6,9-13,17,25-26H,1-3,7-8H2;4H,1-3H3. The summed E-state index contributed by atoms with van der Waals surface area (Å²) in [5, 5.41) is 0.838. The smallest absolute Gasteiger partial charge is 0.416 e. The predicted molar refractivity (Wildman–Crippen MR) is 133 cm³/mol. The minimum absolute atomic E-state index is 0.181. The van der Waals surface area contributed by atoms with Crippen LogP contribution in [0.25, 0.3) is 22.2 Å². The fourth-order valence-electron chi connectivity index (χ4n) is 3.95. The van der Waals surface area contributed by atoms with Crippen LogP contribution in [0.15, 0.2) is 53.4 Å². The van der Waals surface area contributed by atoms with Gasteiger partial charge in [-0.1, -0.05) is 37.5 Å². The Morgan fingerprint density at radius 2 is 1.67 bits per heavy atom. The third kappa shape index (κ3) is 7.57. The van der Waals surface area contributed by atoms with E-state index >= 15 is 0 Å². The number of nitrogens with one attached hydrogen (secondary N) is 2. The zero-order chi connectivity index (χ0) is 26.6. The molecular weight excluding hydrogens is 493 g/mol. The van der Waals surface area contributed by atoms with Crippen LogP contribution in [0.5, 0.6) is 0 Å². The zero-order valence-corrected chi connectivity index (χ0v) is 21.3. The van der Waals surface area contributed by atoms with Crippen molar-refractivity contribution in [1.82, 2.24) is 9.71 Å². The molecule has 0 unspecified atom stereocenters. The first-order valence-electron chi connectivity index (χ1n) is 11.7. The van der Waals surface area contributed by atoms with Crippen LogP contribution in [0, 0.1) is 0 Å². The molecule has 36 heavy (non-hydrogen) atoms. The van der Waals surface area contributed by atoms with Gasteiger partial charge in [0.2, 0.25) is 10.0 Å². The molecule has 1 aliphatic carbocycles. The molecule has 0 aliphatic heterocycles. The number of carbonyl (C=O) groups is 1. The molecule has 2 aromatic carbocycles. The average molecular weight is 525 g/mol. The highest BCUT2D eigenvalue weighted by atomic mass is 32.2. The lowest BCUT2D eigenvalue weighted by Crippen LogP contribution is -2.36. The Labute approximate surface area is 209 Å². The number of benzene rings is 2. The van der Waals surface area contributed by atoms with Crippen molar-refractivity contribution in [3.63, 3.8) is 0 Å². The van der Waals surface area contributed by atoms with Gasteiger partial charge < -0.3 is 9.72 Å². The minimum Gasteiger partial charge on any atom is -0.462 e. The summed E-state index contributed by atoms with van der Waals surface area (Å²) >= 11 is 0. The van der Waals surface area contributed by atoms with E-state index in [2.05, 4.69) is 14.4 Å². The number of hydrogen-bond acceptors (Lipinski definition) is 4. The molecule has 1 saturated carbocycles. The fourth-order valence-corrected chi connectivity index (χ4v) is 5.33. The van der Waals surface area contributed by atoms with Crippen molar-refractivity contribution >= 4 is 27.4 Å². The molecule has 0 saturated heterocycles. The largest absolute Gasteiger partial charge is 0.462 e. The van der Waals surface area contributed by atoms with E-state index in [9.17, 15) is 26.4 Å². The molecule has 2 N–H and O–H groups in total. The summed E-state index contributed by atoms with van der Waals surface area (Å²) in [7, 11) is -4.07. The van der Waals surface area contributed by atoms with E-state index in [0.29, 0.717) is 31.1 Å². The number of carbonyl (C=O) groups excluding carboxylic acids is 1. The summed E-state index contributed by atoms with van der Waals surface area (Å²) in [6.07, 6.45) is -0.379. The molecule has 6 nitrogen and oxygen atoms in total. The summed E-state index contributed by atoms with van der Waals surface area (Å²) < 4.78 is 73.3. The van der Waals surface area contributed by atoms with Crippen molar-refractivity contribution in [3.8, 4) is 11.3 Å².